The Bertz CT molecular complexity index is 589. The summed E-state index contributed by atoms with van der Waals surface area (Å²) in [6, 6.07) is 7.18. The summed E-state index contributed by atoms with van der Waals surface area (Å²) in [6.07, 6.45) is 1.90. The van der Waals surface area contributed by atoms with Crippen LogP contribution in [0.4, 0.5) is 0 Å². The van der Waals surface area contributed by atoms with Gasteiger partial charge in [-0.3, -0.25) is 9.71 Å². The van der Waals surface area contributed by atoms with Crippen molar-refractivity contribution >= 4 is 15.9 Å². The highest BCUT2D eigenvalue weighted by Crippen LogP contribution is 2.23. The predicted molar refractivity (Wildman–Crippen MR) is 69.2 cm³/mol. The van der Waals surface area contributed by atoms with Crippen molar-refractivity contribution in [3.05, 3.63) is 29.8 Å². The highest BCUT2D eigenvalue weighted by atomic mass is 32.2. The van der Waals surface area contributed by atoms with Crippen molar-refractivity contribution in [1.82, 2.24) is 10.0 Å². The fourth-order valence-electron chi connectivity index (χ4n) is 2.35. The molecular weight excluding hydrogens is 250 g/mol. The van der Waals surface area contributed by atoms with Gasteiger partial charge in [-0.1, -0.05) is 12.1 Å². The number of nitrogens with zero attached hydrogens (tertiary/aromatic N) is 1. The Kier molecular flexibility index (Phi) is 2.83. The molecule has 0 aromatic heterocycles. The van der Waals surface area contributed by atoms with Crippen LogP contribution in [-0.4, -0.2) is 33.4 Å². The van der Waals surface area contributed by atoms with E-state index in [0.717, 1.165) is 25.9 Å². The Morgan fingerprint density at radius 2 is 1.89 bits per heavy atom. The maximum atomic E-state index is 11.9. The number of benzene rings is 1. The van der Waals surface area contributed by atoms with E-state index in [9.17, 15) is 8.42 Å². The van der Waals surface area contributed by atoms with Gasteiger partial charge in [0.1, 0.15) is 5.84 Å². The van der Waals surface area contributed by atoms with E-state index < -0.39 is 10.0 Å². The summed E-state index contributed by atoms with van der Waals surface area (Å²) in [5.74, 6) is 0.498. The number of rotatable bonds is 1. The van der Waals surface area contributed by atoms with Gasteiger partial charge in [0.25, 0.3) is 10.0 Å². The van der Waals surface area contributed by atoms with Crippen LogP contribution in [0.5, 0.6) is 0 Å². The molecule has 3 rings (SSSR count). The van der Waals surface area contributed by atoms with Crippen LogP contribution in [-0.2, 0) is 10.0 Å². The Labute approximate surface area is 106 Å². The molecule has 0 bridgehead atoms. The van der Waals surface area contributed by atoms with Gasteiger partial charge in [-0.2, -0.15) is 0 Å². The van der Waals surface area contributed by atoms with Gasteiger partial charge in [0, 0.05) is 5.56 Å². The van der Waals surface area contributed by atoms with Crippen LogP contribution in [0.15, 0.2) is 34.2 Å². The molecule has 96 valence electrons. The lowest BCUT2D eigenvalue weighted by molar-refractivity contribution is 0.459. The molecule has 2 heterocycles. The number of hydrogen-bond donors (Lipinski definition) is 2. The second-order valence-corrected chi connectivity index (χ2v) is 6.21. The van der Waals surface area contributed by atoms with E-state index in [1.165, 1.54) is 0 Å². The number of nitrogens with one attached hydrogen (secondary N) is 2. The van der Waals surface area contributed by atoms with E-state index >= 15 is 0 Å². The summed E-state index contributed by atoms with van der Waals surface area (Å²) >= 11 is 0. The molecule has 1 aromatic carbocycles. The Morgan fingerprint density at radius 1 is 1.17 bits per heavy atom. The largest absolute Gasteiger partial charge is 0.317 e. The SMILES string of the molecule is O=S1(=O)NC(=NC2CCNCC2)c2ccccc21. The van der Waals surface area contributed by atoms with Crippen molar-refractivity contribution in [2.24, 2.45) is 4.99 Å². The molecule has 18 heavy (non-hydrogen) atoms. The minimum atomic E-state index is -3.40. The first-order valence-electron chi connectivity index (χ1n) is 6.07. The first-order chi connectivity index (χ1) is 8.67. The first kappa shape index (κ1) is 11.7. The number of sulfonamides is 1. The van der Waals surface area contributed by atoms with E-state index in [0.29, 0.717) is 16.3 Å². The maximum Gasteiger partial charge on any atom is 0.263 e. The number of hydrogen-bond acceptors (Lipinski definition) is 4. The third-order valence-corrected chi connectivity index (χ3v) is 4.68. The lowest BCUT2D eigenvalue weighted by Gasteiger charge is -2.19. The van der Waals surface area contributed by atoms with E-state index in [1.54, 1.807) is 18.2 Å². The molecule has 2 aliphatic rings. The zero-order valence-electron chi connectivity index (χ0n) is 9.89. The monoisotopic (exact) mass is 265 g/mol. The topological polar surface area (TPSA) is 70.6 Å². The van der Waals surface area contributed by atoms with Gasteiger partial charge in [-0.25, -0.2) is 8.42 Å². The van der Waals surface area contributed by atoms with Crippen LogP contribution in [0, 0.1) is 0 Å². The van der Waals surface area contributed by atoms with Gasteiger partial charge in [0.2, 0.25) is 0 Å². The lowest BCUT2D eigenvalue weighted by Crippen LogP contribution is -2.32. The van der Waals surface area contributed by atoms with Crippen LogP contribution < -0.4 is 10.0 Å². The third-order valence-electron chi connectivity index (χ3n) is 3.28. The summed E-state index contributed by atoms with van der Waals surface area (Å²) in [5, 5.41) is 3.27. The Hall–Kier alpha value is -1.40. The predicted octanol–water partition coefficient (Wildman–Crippen LogP) is 0.477. The smallest absolute Gasteiger partial charge is 0.263 e. The van der Waals surface area contributed by atoms with Crippen molar-refractivity contribution in [3.8, 4) is 0 Å². The maximum absolute atomic E-state index is 11.9. The highest BCUT2D eigenvalue weighted by Gasteiger charge is 2.30. The van der Waals surface area contributed by atoms with Gasteiger partial charge >= 0.3 is 0 Å². The van der Waals surface area contributed by atoms with Crippen LogP contribution >= 0.6 is 0 Å². The molecular formula is C12H15N3O2S. The number of amidine groups is 1. The van der Waals surface area contributed by atoms with Gasteiger partial charge in [0.15, 0.2) is 0 Å². The number of piperidine rings is 1. The second kappa shape index (κ2) is 4.37. The van der Waals surface area contributed by atoms with Crippen LogP contribution in [0.3, 0.4) is 0 Å². The zero-order valence-corrected chi connectivity index (χ0v) is 10.7. The van der Waals surface area contributed by atoms with Crippen molar-refractivity contribution in [3.63, 3.8) is 0 Å². The molecule has 6 heteroatoms. The quantitative estimate of drug-likeness (QED) is 0.776. The van der Waals surface area contributed by atoms with E-state index in [-0.39, 0.29) is 6.04 Å². The summed E-state index contributed by atoms with van der Waals surface area (Å²) in [6.45, 7) is 1.88. The van der Waals surface area contributed by atoms with E-state index in [4.69, 9.17) is 0 Å². The van der Waals surface area contributed by atoms with Gasteiger partial charge in [0.05, 0.1) is 10.9 Å². The zero-order chi connectivity index (χ0) is 12.6. The summed E-state index contributed by atoms with van der Waals surface area (Å²) < 4.78 is 26.3. The average Bonchev–Trinajstić information content (AvgIpc) is 2.63. The molecule has 5 nitrogen and oxygen atoms in total. The minimum Gasteiger partial charge on any atom is -0.317 e. The summed E-state index contributed by atoms with van der Waals surface area (Å²) in [7, 11) is -3.40. The molecule has 1 saturated heterocycles. The molecule has 0 aliphatic carbocycles. The highest BCUT2D eigenvalue weighted by molar-refractivity contribution is 7.90. The van der Waals surface area contributed by atoms with E-state index in [2.05, 4.69) is 15.0 Å². The molecule has 0 unspecified atom stereocenters. The fraction of sp³-hybridized carbons (Fsp3) is 0.417. The average molecular weight is 265 g/mol. The minimum absolute atomic E-state index is 0.204. The number of fused-ring (bicyclic) bond motifs is 1. The van der Waals surface area contributed by atoms with Crippen LogP contribution in [0.2, 0.25) is 0 Å². The molecule has 0 amide bonds. The first-order valence-corrected chi connectivity index (χ1v) is 7.56. The second-order valence-electron chi connectivity index (χ2n) is 4.56. The van der Waals surface area contributed by atoms with Gasteiger partial charge < -0.3 is 5.32 Å². The summed E-state index contributed by atoms with van der Waals surface area (Å²) in [4.78, 5) is 4.89. The molecule has 2 aliphatic heterocycles. The van der Waals surface area contributed by atoms with Gasteiger partial charge in [-0.15, -0.1) is 0 Å². The standard InChI is InChI=1S/C12H15N3O2S/c16-18(17)11-4-2-1-3-10(11)12(15-18)14-9-5-7-13-8-6-9/h1-4,9,13H,5-8H2,(H,14,15). The summed E-state index contributed by atoms with van der Waals surface area (Å²) in [5.41, 5.74) is 0.691. The fourth-order valence-corrected chi connectivity index (χ4v) is 3.59. The van der Waals surface area contributed by atoms with E-state index in [1.807, 2.05) is 6.07 Å². The molecule has 1 aromatic rings. The lowest BCUT2D eigenvalue weighted by atomic mass is 10.1. The van der Waals surface area contributed by atoms with Gasteiger partial charge in [-0.05, 0) is 38.1 Å². The van der Waals surface area contributed by atoms with Crippen molar-refractivity contribution < 1.29 is 8.42 Å². The molecule has 1 fully saturated rings. The molecule has 0 atom stereocenters. The van der Waals surface area contributed by atoms with Crippen molar-refractivity contribution in [2.45, 2.75) is 23.8 Å². The molecule has 0 radical (unpaired) electrons. The number of aliphatic imine (C=N–C) groups is 1. The normalized spacial score (nSPS) is 24.8. The van der Waals surface area contributed by atoms with Crippen molar-refractivity contribution in [1.29, 1.82) is 0 Å². The molecule has 0 spiro atoms. The van der Waals surface area contributed by atoms with Crippen molar-refractivity contribution in [2.75, 3.05) is 13.1 Å². The third kappa shape index (κ3) is 2.02. The van der Waals surface area contributed by atoms with Crippen LogP contribution in [0.25, 0.3) is 0 Å². The Morgan fingerprint density at radius 3 is 2.67 bits per heavy atom. The molecule has 2 N–H and O–H groups in total. The molecule has 0 saturated carbocycles. The van der Waals surface area contributed by atoms with Crippen LogP contribution in [0.1, 0.15) is 18.4 Å². The Balaban J connectivity index is 1.98.